The highest BCUT2D eigenvalue weighted by Gasteiger charge is 2.18. The van der Waals surface area contributed by atoms with E-state index in [1.807, 2.05) is 30.0 Å². The third-order valence-corrected chi connectivity index (χ3v) is 4.45. The first-order chi connectivity index (χ1) is 9.10. The van der Waals surface area contributed by atoms with Gasteiger partial charge in [0.15, 0.2) is 0 Å². The smallest absolute Gasteiger partial charge is 0.123 e. The molecular formula is C14H21N3OS. The lowest BCUT2D eigenvalue weighted by Crippen LogP contribution is -2.36. The molecule has 5 heteroatoms. The summed E-state index contributed by atoms with van der Waals surface area (Å²) < 4.78 is 5.41. The zero-order chi connectivity index (χ0) is 13.8. The number of amidine groups is 1. The van der Waals surface area contributed by atoms with Crippen molar-refractivity contribution in [3.05, 3.63) is 29.3 Å². The van der Waals surface area contributed by atoms with Crippen LogP contribution in [0.1, 0.15) is 18.1 Å². The van der Waals surface area contributed by atoms with E-state index in [-0.39, 0.29) is 5.84 Å². The number of thioether (sulfide) groups is 1. The third-order valence-electron chi connectivity index (χ3n) is 3.31. The van der Waals surface area contributed by atoms with Crippen molar-refractivity contribution in [2.45, 2.75) is 18.7 Å². The molecule has 0 amide bonds. The van der Waals surface area contributed by atoms with E-state index < -0.39 is 0 Å². The molecular weight excluding hydrogens is 258 g/mol. The van der Waals surface area contributed by atoms with Crippen molar-refractivity contribution in [1.82, 2.24) is 4.90 Å². The molecule has 1 unspecified atom stereocenters. The number of methoxy groups -OCH3 is 1. The minimum atomic E-state index is 0.103. The Kier molecular flexibility index (Phi) is 4.71. The lowest BCUT2D eigenvalue weighted by Gasteiger charge is -2.30. The van der Waals surface area contributed by atoms with E-state index in [9.17, 15) is 0 Å². The van der Waals surface area contributed by atoms with Crippen molar-refractivity contribution in [3.63, 3.8) is 0 Å². The number of rotatable bonds is 4. The first kappa shape index (κ1) is 14.2. The van der Waals surface area contributed by atoms with Crippen molar-refractivity contribution < 1.29 is 4.74 Å². The monoisotopic (exact) mass is 279 g/mol. The topological polar surface area (TPSA) is 62.3 Å². The fourth-order valence-electron chi connectivity index (χ4n) is 2.34. The van der Waals surface area contributed by atoms with Gasteiger partial charge < -0.3 is 10.5 Å². The zero-order valence-electron chi connectivity index (χ0n) is 11.5. The normalized spacial score (nSPS) is 20.2. The number of hydrogen-bond acceptors (Lipinski definition) is 4. The Bertz CT molecular complexity index is 464. The quantitative estimate of drug-likeness (QED) is 0.653. The van der Waals surface area contributed by atoms with Crippen LogP contribution in [-0.4, -0.2) is 41.9 Å². The summed E-state index contributed by atoms with van der Waals surface area (Å²) >= 11 is 2.02. The van der Waals surface area contributed by atoms with Gasteiger partial charge in [-0.05, 0) is 18.2 Å². The molecule has 19 heavy (non-hydrogen) atoms. The molecule has 104 valence electrons. The van der Waals surface area contributed by atoms with Crippen LogP contribution in [-0.2, 0) is 6.54 Å². The Labute approximate surface area is 118 Å². The van der Waals surface area contributed by atoms with Crippen molar-refractivity contribution in [3.8, 4) is 5.75 Å². The highest BCUT2D eigenvalue weighted by atomic mass is 32.2. The van der Waals surface area contributed by atoms with Crippen LogP contribution in [0.3, 0.4) is 0 Å². The molecule has 0 aromatic heterocycles. The van der Waals surface area contributed by atoms with Gasteiger partial charge in [-0.25, -0.2) is 0 Å². The predicted molar refractivity (Wildman–Crippen MR) is 81.2 cm³/mol. The SMILES string of the molecule is COc1ccc(C(=N)N)cc1CN1CCSC(C)C1. The molecule has 3 N–H and O–H groups in total. The molecule has 1 aromatic carbocycles. The van der Waals surface area contributed by atoms with Gasteiger partial charge >= 0.3 is 0 Å². The molecule has 0 spiro atoms. The van der Waals surface area contributed by atoms with Crippen LogP contribution in [0.5, 0.6) is 5.75 Å². The predicted octanol–water partition coefficient (Wildman–Crippen LogP) is 1.92. The molecule has 1 fully saturated rings. The minimum Gasteiger partial charge on any atom is -0.496 e. The molecule has 0 bridgehead atoms. The third kappa shape index (κ3) is 3.64. The second-order valence-corrected chi connectivity index (χ2v) is 6.40. The average Bonchev–Trinajstić information content (AvgIpc) is 2.38. The average molecular weight is 279 g/mol. The summed E-state index contributed by atoms with van der Waals surface area (Å²) in [5.41, 5.74) is 7.42. The molecule has 0 saturated carbocycles. The highest BCUT2D eigenvalue weighted by Crippen LogP contribution is 2.24. The van der Waals surface area contributed by atoms with Crippen LogP contribution in [0.15, 0.2) is 18.2 Å². The van der Waals surface area contributed by atoms with Crippen LogP contribution in [0.4, 0.5) is 0 Å². The van der Waals surface area contributed by atoms with Crippen molar-refractivity contribution in [2.75, 3.05) is 26.0 Å². The van der Waals surface area contributed by atoms with Gasteiger partial charge in [0, 0.05) is 41.8 Å². The van der Waals surface area contributed by atoms with Gasteiger partial charge in [0.2, 0.25) is 0 Å². The fraction of sp³-hybridized carbons (Fsp3) is 0.500. The largest absolute Gasteiger partial charge is 0.496 e. The molecule has 1 aliphatic heterocycles. The number of nitrogens with one attached hydrogen (secondary N) is 1. The summed E-state index contributed by atoms with van der Waals surface area (Å²) in [6.45, 7) is 5.32. The molecule has 1 aliphatic rings. The second kappa shape index (κ2) is 6.30. The molecule has 2 rings (SSSR count). The van der Waals surface area contributed by atoms with Gasteiger partial charge in [-0.2, -0.15) is 11.8 Å². The van der Waals surface area contributed by atoms with E-state index in [1.54, 1.807) is 7.11 Å². The summed E-state index contributed by atoms with van der Waals surface area (Å²) in [5.74, 6) is 2.15. The number of hydrogen-bond donors (Lipinski definition) is 2. The summed E-state index contributed by atoms with van der Waals surface area (Å²) in [6.07, 6.45) is 0. The number of nitrogens with two attached hydrogens (primary N) is 1. The standard InChI is InChI=1S/C14H21N3OS/c1-10-8-17(5-6-19-10)9-12-7-11(14(15)16)3-4-13(12)18-2/h3-4,7,10H,5-6,8-9H2,1-2H3,(H3,15,16). The van der Waals surface area contributed by atoms with Crippen LogP contribution >= 0.6 is 11.8 Å². The maximum Gasteiger partial charge on any atom is 0.123 e. The van der Waals surface area contributed by atoms with Gasteiger partial charge in [-0.3, -0.25) is 10.3 Å². The van der Waals surface area contributed by atoms with Crippen LogP contribution in [0.2, 0.25) is 0 Å². The number of nitrogen functional groups attached to an aromatic ring is 1. The first-order valence-electron chi connectivity index (χ1n) is 6.45. The van der Waals surface area contributed by atoms with Crippen molar-refractivity contribution in [2.24, 2.45) is 5.73 Å². The van der Waals surface area contributed by atoms with E-state index in [0.29, 0.717) is 5.25 Å². The number of benzene rings is 1. The minimum absolute atomic E-state index is 0.103. The lowest BCUT2D eigenvalue weighted by molar-refractivity contribution is 0.273. The zero-order valence-corrected chi connectivity index (χ0v) is 12.3. The van der Waals surface area contributed by atoms with E-state index in [4.69, 9.17) is 15.9 Å². The molecule has 4 nitrogen and oxygen atoms in total. The Morgan fingerprint density at radius 3 is 3.00 bits per heavy atom. The van der Waals surface area contributed by atoms with Gasteiger partial charge in [-0.1, -0.05) is 6.92 Å². The lowest BCUT2D eigenvalue weighted by atomic mass is 10.1. The van der Waals surface area contributed by atoms with Crippen molar-refractivity contribution in [1.29, 1.82) is 5.41 Å². The summed E-state index contributed by atoms with van der Waals surface area (Å²) in [4.78, 5) is 2.43. The van der Waals surface area contributed by atoms with Crippen LogP contribution in [0.25, 0.3) is 0 Å². The van der Waals surface area contributed by atoms with E-state index in [2.05, 4.69) is 11.8 Å². The van der Waals surface area contributed by atoms with Gasteiger partial charge in [0.05, 0.1) is 7.11 Å². The summed E-state index contributed by atoms with van der Waals surface area (Å²) in [5, 5.41) is 8.21. The Hall–Kier alpha value is -1.20. The van der Waals surface area contributed by atoms with Crippen LogP contribution in [0, 0.1) is 5.41 Å². The fourth-order valence-corrected chi connectivity index (χ4v) is 3.43. The number of ether oxygens (including phenoxy) is 1. The van der Waals surface area contributed by atoms with Gasteiger partial charge in [0.1, 0.15) is 11.6 Å². The van der Waals surface area contributed by atoms with Crippen molar-refractivity contribution >= 4 is 17.6 Å². The number of nitrogens with zero attached hydrogens (tertiary/aromatic N) is 1. The Morgan fingerprint density at radius 2 is 2.37 bits per heavy atom. The highest BCUT2D eigenvalue weighted by molar-refractivity contribution is 7.99. The summed E-state index contributed by atoms with van der Waals surface area (Å²) in [7, 11) is 1.68. The van der Waals surface area contributed by atoms with Gasteiger partial charge in [-0.15, -0.1) is 0 Å². The molecule has 1 aromatic rings. The van der Waals surface area contributed by atoms with Crippen LogP contribution < -0.4 is 10.5 Å². The maximum absolute atomic E-state index is 7.53. The van der Waals surface area contributed by atoms with Gasteiger partial charge in [0.25, 0.3) is 0 Å². The van der Waals surface area contributed by atoms with E-state index in [1.165, 1.54) is 5.75 Å². The first-order valence-corrected chi connectivity index (χ1v) is 7.50. The summed E-state index contributed by atoms with van der Waals surface area (Å²) in [6, 6.07) is 5.70. The molecule has 0 radical (unpaired) electrons. The Morgan fingerprint density at radius 1 is 1.58 bits per heavy atom. The second-order valence-electron chi connectivity index (χ2n) is 4.86. The maximum atomic E-state index is 7.53. The van der Waals surface area contributed by atoms with E-state index in [0.717, 1.165) is 36.5 Å². The molecule has 0 aliphatic carbocycles. The van der Waals surface area contributed by atoms with E-state index >= 15 is 0 Å². The Balaban J connectivity index is 2.17. The molecule has 1 saturated heterocycles. The molecule has 1 atom stereocenters. The molecule has 1 heterocycles.